The highest BCUT2D eigenvalue weighted by atomic mass is 15.4. The molecule has 0 saturated carbocycles. The summed E-state index contributed by atoms with van der Waals surface area (Å²) in [5, 5.41) is 1.60. The molecule has 0 aliphatic carbocycles. The van der Waals surface area contributed by atoms with Crippen molar-refractivity contribution in [3.05, 3.63) is 11.9 Å². The second-order valence-electron chi connectivity index (χ2n) is 3.45. The topological polar surface area (TPSA) is 55.3 Å². The third-order valence-electron chi connectivity index (χ3n) is 1.12. The molecule has 0 heterocycles. The normalized spacial score (nSPS) is 13.5. The van der Waals surface area contributed by atoms with E-state index in [1.807, 2.05) is 27.7 Å². The van der Waals surface area contributed by atoms with Gasteiger partial charge in [0, 0.05) is 17.4 Å². The number of hydrazine groups is 1. The van der Waals surface area contributed by atoms with E-state index >= 15 is 0 Å². The van der Waals surface area contributed by atoms with Gasteiger partial charge >= 0.3 is 0 Å². The van der Waals surface area contributed by atoms with E-state index in [1.54, 1.807) is 11.2 Å². The highest BCUT2D eigenvalue weighted by Gasteiger charge is 2.13. The van der Waals surface area contributed by atoms with Crippen molar-refractivity contribution >= 4 is 0 Å². The highest BCUT2D eigenvalue weighted by Crippen LogP contribution is 2.08. The Bertz CT molecular complexity index is 128. The predicted molar refractivity (Wildman–Crippen MR) is 43.7 cm³/mol. The van der Waals surface area contributed by atoms with E-state index in [-0.39, 0.29) is 5.54 Å². The first-order valence-corrected chi connectivity index (χ1v) is 3.32. The number of nitrogens with two attached hydrogens (primary N) is 2. The zero-order valence-corrected chi connectivity index (χ0v) is 7.18. The Hall–Kier alpha value is -0.700. The molecule has 0 rings (SSSR count). The summed E-state index contributed by atoms with van der Waals surface area (Å²) < 4.78 is 0. The van der Waals surface area contributed by atoms with E-state index in [0.717, 1.165) is 5.70 Å². The first-order valence-electron chi connectivity index (χ1n) is 3.32. The van der Waals surface area contributed by atoms with Crippen LogP contribution >= 0.6 is 0 Å². The quantitative estimate of drug-likeness (QED) is 0.421. The van der Waals surface area contributed by atoms with Crippen LogP contribution in [0.4, 0.5) is 0 Å². The van der Waals surface area contributed by atoms with Gasteiger partial charge in [-0.2, -0.15) is 0 Å². The molecular formula is C7H17N3. The van der Waals surface area contributed by atoms with Crippen molar-refractivity contribution in [1.82, 2.24) is 5.01 Å². The minimum Gasteiger partial charge on any atom is -0.401 e. The molecule has 0 saturated heterocycles. The van der Waals surface area contributed by atoms with E-state index in [2.05, 4.69) is 0 Å². The van der Waals surface area contributed by atoms with E-state index < -0.39 is 0 Å². The van der Waals surface area contributed by atoms with E-state index in [9.17, 15) is 0 Å². The van der Waals surface area contributed by atoms with Gasteiger partial charge in [-0.25, -0.2) is 5.84 Å². The smallest absolute Gasteiger partial charge is 0.0471 e. The zero-order valence-electron chi connectivity index (χ0n) is 7.18. The molecular weight excluding hydrogens is 126 g/mol. The van der Waals surface area contributed by atoms with Crippen molar-refractivity contribution in [3.8, 4) is 0 Å². The van der Waals surface area contributed by atoms with Gasteiger partial charge in [0.2, 0.25) is 0 Å². The summed E-state index contributed by atoms with van der Waals surface area (Å²) in [5.74, 6) is 5.63. The van der Waals surface area contributed by atoms with Crippen molar-refractivity contribution in [1.29, 1.82) is 0 Å². The van der Waals surface area contributed by atoms with Crippen LogP contribution in [0.5, 0.6) is 0 Å². The standard InChI is InChI=1S/C7H17N3/c1-6(8)5-10(9)7(2,3)4/h5H,8-9H2,1-4H3/b6-5-. The molecule has 0 unspecified atom stereocenters. The van der Waals surface area contributed by atoms with Crippen molar-refractivity contribution < 1.29 is 0 Å². The van der Waals surface area contributed by atoms with Crippen molar-refractivity contribution in [2.24, 2.45) is 11.6 Å². The number of allylic oxidation sites excluding steroid dienone is 1. The van der Waals surface area contributed by atoms with Crippen LogP contribution in [0.15, 0.2) is 11.9 Å². The molecule has 0 atom stereocenters. The van der Waals surface area contributed by atoms with Crippen molar-refractivity contribution in [3.63, 3.8) is 0 Å². The molecule has 0 aromatic carbocycles. The average molecular weight is 143 g/mol. The number of hydrogen-bond donors (Lipinski definition) is 2. The van der Waals surface area contributed by atoms with Gasteiger partial charge in [0.05, 0.1) is 0 Å². The lowest BCUT2D eigenvalue weighted by atomic mass is 10.1. The molecule has 0 amide bonds. The van der Waals surface area contributed by atoms with Crippen molar-refractivity contribution in [2.45, 2.75) is 33.2 Å². The van der Waals surface area contributed by atoms with Gasteiger partial charge in [0.15, 0.2) is 0 Å². The first kappa shape index (κ1) is 9.30. The summed E-state index contributed by atoms with van der Waals surface area (Å²) in [6.45, 7) is 7.87. The Morgan fingerprint density at radius 2 is 1.80 bits per heavy atom. The summed E-state index contributed by atoms with van der Waals surface area (Å²) in [6.07, 6.45) is 1.72. The number of rotatable bonds is 1. The second kappa shape index (κ2) is 2.92. The molecule has 60 valence electrons. The summed E-state index contributed by atoms with van der Waals surface area (Å²) in [7, 11) is 0. The lowest BCUT2D eigenvalue weighted by Gasteiger charge is -2.30. The Labute approximate surface area is 62.6 Å². The van der Waals surface area contributed by atoms with E-state index in [1.165, 1.54) is 0 Å². The van der Waals surface area contributed by atoms with Gasteiger partial charge in [-0.3, -0.25) is 0 Å². The maximum atomic E-state index is 5.63. The molecule has 0 aliphatic heterocycles. The molecule has 0 bridgehead atoms. The van der Waals surface area contributed by atoms with Crippen LogP contribution in [-0.4, -0.2) is 10.5 Å². The minimum absolute atomic E-state index is 0.0549. The molecule has 0 spiro atoms. The molecule has 0 aliphatic rings. The van der Waals surface area contributed by atoms with Crippen molar-refractivity contribution in [2.75, 3.05) is 0 Å². The molecule has 3 heteroatoms. The minimum atomic E-state index is -0.0549. The van der Waals surface area contributed by atoms with Gasteiger partial charge in [-0.1, -0.05) is 0 Å². The summed E-state index contributed by atoms with van der Waals surface area (Å²) in [4.78, 5) is 0. The van der Waals surface area contributed by atoms with Crippen LogP contribution in [0.25, 0.3) is 0 Å². The molecule has 0 aromatic rings. The fourth-order valence-electron chi connectivity index (χ4n) is 0.413. The summed E-state index contributed by atoms with van der Waals surface area (Å²) in [6, 6.07) is 0. The van der Waals surface area contributed by atoms with Crippen LogP contribution in [0, 0.1) is 0 Å². The third kappa shape index (κ3) is 3.35. The van der Waals surface area contributed by atoms with E-state index in [4.69, 9.17) is 11.6 Å². The third-order valence-corrected chi connectivity index (χ3v) is 1.12. The van der Waals surface area contributed by atoms with E-state index in [0.29, 0.717) is 0 Å². The maximum absolute atomic E-state index is 5.63. The summed E-state index contributed by atoms with van der Waals surface area (Å²) in [5.41, 5.74) is 6.09. The Kier molecular flexibility index (Phi) is 2.72. The Morgan fingerprint density at radius 1 is 1.40 bits per heavy atom. The Morgan fingerprint density at radius 3 is 1.90 bits per heavy atom. The monoisotopic (exact) mass is 143 g/mol. The zero-order chi connectivity index (χ0) is 8.36. The molecule has 4 N–H and O–H groups in total. The van der Waals surface area contributed by atoms with Crippen LogP contribution in [0.3, 0.4) is 0 Å². The largest absolute Gasteiger partial charge is 0.401 e. The van der Waals surface area contributed by atoms with Crippen LogP contribution in [-0.2, 0) is 0 Å². The van der Waals surface area contributed by atoms with Gasteiger partial charge in [0.1, 0.15) is 0 Å². The fourth-order valence-corrected chi connectivity index (χ4v) is 0.413. The highest BCUT2D eigenvalue weighted by molar-refractivity contribution is 4.93. The average Bonchev–Trinajstić information content (AvgIpc) is 1.60. The van der Waals surface area contributed by atoms with Crippen LogP contribution in [0.1, 0.15) is 27.7 Å². The molecule has 0 radical (unpaired) electrons. The number of nitrogens with zero attached hydrogens (tertiary/aromatic N) is 1. The predicted octanol–water partition coefficient (Wildman–Crippen LogP) is 0.781. The molecule has 0 fully saturated rings. The molecule has 3 nitrogen and oxygen atoms in total. The summed E-state index contributed by atoms with van der Waals surface area (Å²) >= 11 is 0. The van der Waals surface area contributed by atoms with Gasteiger partial charge < -0.3 is 10.7 Å². The maximum Gasteiger partial charge on any atom is 0.0471 e. The fraction of sp³-hybridized carbons (Fsp3) is 0.714. The molecule has 0 aromatic heterocycles. The lowest BCUT2D eigenvalue weighted by Crippen LogP contribution is -2.42. The van der Waals surface area contributed by atoms with Crippen LogP contribution in [0.2, 0.25) is 0 Å². The van der Waals surface area contributed by atoms with Crippen LogP contribution < -0.4 is 11.6 Å². The van der Waals surface area contributed by atoms with Gasteiger partial charge in [0.25, 0.3) is 0 Å². The Balaban J connectivity index is 4.11. The van der Waals surface area contributed by atoms with Gasteiger partial charge in [-0.15, -0.1) is 0 Å². The van der Waals surface area contributed by atoms with Gasteiger partial charge in [-0.05, 0) is 27.7 Å². The first-order chi connectivity index (χ1) is 4.34. The lowest BCUT2D eigenvalue weighted by molar-refractivity contribution is 0.209. The number of hydrogen-bond acceptors (Lipinski definition) is 3. The SMILES string of the molecule is C/C(N)=C/N(N)C(C)(C)C. The second-order valence-corrected chi connectivity index (χ2v) is 3.45. The molecule has 10 heavy (non-hydrogen) atoms.